The van der Waals surface area contributed by atoms with Crippen molar-refractivity contribution in [1.29, 1.82) is 0 Å². The van der Waals surface area contributed by atoms with Crippen LogP contribution in [0, 0.1) is 0 Å². The van der Waals surface area contributed by atoms with E-state index in [1.54, 1.807) is 24.3 Å². The first kappa shape index (κ1) is 19.7. The summed E-state index contributed by atoms with van der Waals surface area (Å²) in [5.74, 6) is 0.422. The van der Waals surface area contributed by atoms with Gasteiger partial charge in [-0.2, -0.15) is 0 Å². The van der Waals surface area contributed by atoms with Crippen LogP contribution in [0.2, 0.25) is 5.02 Å². The van der Waals surface area contributed by atoms with Gasteiger partial charge in [-0.1, -0.05) is 29.8 Å². The predicted molar refractivity (Wildman–Crippen MR) is 108 cm³/mol. The van der Waals surface area contributed by atoms with Crippen molar-refractivity contribution in [3.05, 3.63) is 87.8 Å². The number of ether oxygens (including phenoxy) is 1. The van der Waals surface area contributed by atoms with E-state index in [1.807, 2.05) is 0 Å². The first-order valence-corrected chi connectivity index (χ1v) is 10.9. The van der Waals surface area contributed by atoms with E-state index in [1.165, 1.54) is 47.2 Å². The zero-order valence-corrected chi connectivity index (χ0v) is 16.8. The standard InChI is InChI=1S/C21H18ClNO5S/c22-14-6-9-20(25)23(13-14)21-17-12-16(7-8-19(17)28-11-10-18(21)24)29(26,27)15-4-2-1-3-5-15/h1-9,12-13,18,21,24H,10-11H2/t18-,21-/m0/s1. The van der Waals surface area contributed by atoms with Crippen LogP contribution in [0.4, 0.5) is 0 Å². The molecule has 0 bridgehead atoms. The molecule has 4 rings (SSSR count). The Labute approximate surface area is 172 Å². The number of sulfone groups is 1. The van der Waals surface area contributed by atoms with Gasteiger partial charge in [0.1, 0.15) is 5.75 Å². The molecule has 1 N–H and O–H groups in total. The van der Waals surface area contributed by atoms with E-state index >= 15 is 0 Å². The molecule has 0 radical (unpaired) electrons. The lowest BCUT2D eigenvalue weighted by molar-refractivity contribution is 0.112. The summed E-state index contributed by atoms with van der Waals surface area (Å²) in [4.78, 5) is 12.7. The Bertz CT molecular complexity index is 1210. The van der Waals surface area contributed by atoms with Gasteiger partial charge in [-0.05, 0) is 36.4 Å². The SMILES string of the molecule is O=c1ccc(Cl)cn1[C@H]1c2cc(S(=O)(=O)c3ccccc3)ccc2OCC[C@@H]1O. The fourth-order valence-electron chi connectivity index (χ4n) is 3.48. The minimum atomic E-state index is -3.78. The fraction of sp³-hybridized carbons (Fsp3) is 0.190. The Morgan fingerprint density at radius 3 is 2.55 bits per heavy atom. The number of pyridine rings is 1. The molecule has 150 valence electrons. The Balaban J connectivity index is 1.91. The highest BCUT2D eigenvalue weighted by Crippen LogP contribution is 2.36. The van der Waals surface area contributed by atoms with Gasteiger partial charge >= 0.3 is 0 Å². The molecule has 8 heteroatoms. The van der Waals surface area contributed by atoms with Gasteiger partial charge in [-0.25, -0.2) is 8.42 Å². The second-order valence-electron chi connectivity index (χ2n) is 6.76. The summed E-state index contributed by atoms with van der Waals surface area (Å²) < 4.78 is 33.1. The summed E-state index contributed by atoms with van der Waals surface area (Å²) in [7, 11) is -3.78. The zero-order valence-electron chi connectivity index (χ0n) is 15.2. The number of hydrogen-bond acceptors (Lipinski definition) is 5. The van der Waals surface area contributed by atoms with E-state index in [9.17, 15) is 18.3 Å². The molecule has 1 aromatic heterocycles. The highest BCUT2D eigenvalue weighted by Gasteiger charge is 2.31. The van der Waals surface area contributed by atoms with Gasteiger partial charge in [0.2, 0.25) is 9.84 Å². The Hall–Kier alpha value is -2.61. The van der Waals surface area contributed by atoms with Crippen molar-refractivity contribution in [3.8, 4) is 5.75 Å². The van der Waals surface area contributed by atoms with Crippen LogP contribution in [0.3, 0.4) is 0 Å². The Kier molecular flexibility index (Phi) is 5.21. The summed E-state index contributed by atoms with van der Waals surface area (Å²) in [6.07, 6.45) is 0.756. The minimum absolute atomic E-state index is 0.0558. The van der Waals surface area contributed by atoms with Crippen molar-refractivity contribution >= 4 is 21.4 Å². The quantitative estimate of drug-likeness (QED) is 0.688. The van der Waals surface area contributed by atoms with E-state index in [2.05, 4.69) is 0 Å². The lowest BCUT2D eigenvalue weighted by Gasteiger charge is -2.24. The molecule has 0 aliphatic carbocycles. The van der Waals surface area contributed by atoms with Crippen molar-refractivity contribution in [3.63, 3.8) is 0 Å². The minimum Gasteiger partial charge on any atom is -0.493 e. The fourth-order valence-corrected chi connectivity index (χ4v) is 4.96. The number of nitrogens with zero attached hydrogens (tertiary/aromatic N) is 1. The van der Waals surface area contributed by atoms with Crippen LogP contribution in [-0.4, -0.2) is 30.8 Å². The molecule has 0 spiro atoms. The normalized spacial score (nSPS) is 19.1. The van der Waals surface area contributed by atoms with Crippen molar-refractivity contribution in [2.75, 3.05) is 6.61 Å². The van der Waals surface area contributed by atoms with Crippen LogP contribution in [0.5, 0.6) is 5.75 Å². The van der Waals surface area contributed by atoms with Crippen molar-refractivity contribution < 1.29 is 18.3 Å². The number of benzene rings is 2. The lowest BCUT2D eigenvalue weighted by Crippen LogP contribution is -2.32. The van der Waals surface area contributed by atoms with Crippen LogP contribution >= 0.6 is 11.6 Å². The van der Waals surface area contributed by atoms with E-state index in [0.29, 0.717) is 16.3 Å². The van der Waals surface area contributed by atoms with Crippen LogP contribution < -0.4 is 10.3 Å². The Morgan fingerprint density at radius 1 is 1.03 bits per heavy atom. The molecule has 29 heavy (non-hydrogen) atoms. The number of aromatic nitrogens is 1. The van der Waals surface area contributed by atoms with Crippen molar-refractivity contribution in [1.82, 2.24) is 4.57 Å². The average Bonchev–Trinajstić information content (AvgIpc) is 2.88. The van der Waals surface area contributed by atoms with Gasteiger partial charge in [0.15, 0.2) is 0 Å². The smallest absolute Gasteiger partial charge is 0.251 e. The molecule has 0 amide bonds. The maximum absolute atomic E-state index is 13.1. The molecular weight excluding hydrogens is 414 g/mol. The number of fused-ring (bicyclic) bond motifs is 1. The molecule has 0 saturated heterocycles. The summed E-state index contributed by atoms with van der Waals surface area (Å²) in [6.45, 7) is 0.241. The third kappa shape index (κ3) is 3.69. The molecule has 2 heterocycles. The van der Waals surface area contributed by atoms with E-state index < -0.39 is 22.0 Å². The second kappa shape index (κ2) is 7.67. The first-order valence-electron chi connectivity index (χ1n) is 9.00. The topological polar surface area (TPSA) is 85.6 Å². The third-order valence-corrected chi connectivity index (χ3v) is 6.89. The molecule has 2 atom stereocenters. The van der Waals surface area contributed by atoms with Gasteiger partial charge in [-0.15, -0.1) is 0 Å². The monoisotopic (exact) mass is 431 g/mol. The molecule has 3 aromatic rings. The zero-order chi connectivity index (χ0) is 20.6. The molecular formula is C21H18ClNO5S. The number of aliphatic hydroxyl groups excluding tert-OH is 1. The molecule has 6 nitrogen and oxygen atoms in total. The third-order valence-electron chi connectivity index (χ3n) is 4.90. The number of rotatable bonds is 3. The van der Waals surface area contributed by atoms with Gasteiger partial charge in [0.25, 0.3) is 5.56 Å². The molecule has 0 saturated carbocycles. The largest absolute Gasteiger partial charge is 0.493 e. The van der Waals surface area contributed by atoms with Gasteiger partial charge < -0.3 is 14.4 Å². The average molecular weight is 432 g/mol. The maximum Gasteiger partial charge on any atom is 0.251 e. The van der Waals surface area contributed by atoms with E-state index in [0.717, 1.165) is 0 Å². The van der Waals surface area contributed by atoms with Gasteiger partial charge in [-0.3, -0.25) is 4.79 Å². The first-order chi connectivity index (χ1) is 13.9. The highest BCUT2D eigenvalue weighted by atomic mass is 35.5. The van der Waals surface area contributed by atoms with Crippen LogP contribution in [-0.2, 0) is 9.84 Å². The van der Waals surface area contributed by atoms with Crippen molar-refractivity contribution in [2.45, 2.75) is 28.4 Å². The maximum atomic E-state index is 13.1. The van der Waals surface area contributed by atoms with Gasteiger partial charge in [0, 0.05) is 24.2 Å². The Morgan fingerprint density at radius 2 is 1.79 bits per heavy atom. The van der Waals surface area contributed by atoms with E-state index in [-0.39, 0.29) is 28.4 Å². The highest BCUT2D eigenvalue weighted by molar-refractivity contribution is 7.91. The summed E-state index contributed by atoms with van der Waals surface area (Å²) in [6, 6.07) is 14.5. The van der Waals surface area contributed by atoms with Crippen LogP contribution in [0.25, 0.3) is 0 Å². The molecule has 0 fully saturated rings. The predicted octanol–water partition coefficient (Wildman–Crippen LogP) is 3.07. The second-order valence-corrected chi connectivity index (χ2v) is 9.14. The van der Waals surface area contributed by atoms with Gasteiger partial charge in [0.05, 0.1) is 33.6 Å². The molecule has 0 unspecified atom stereocenters. The lowest BCUT2D eigenvalue weighted by atomic mass is 9.99. The number of halogens is 1. The molecule has 2 aromatic carbocycles. The number of hydrogen-bond donors (Lipinski definition) is 1. The van der Waals surface area contributed by atoms with E-state index in [4.69, 9.17) is 16.3 Å². The summed E-state index contributed by atoms with van der Waals surface area (Å²) in [5.41, 5.74) is 0.0546. The summed E-state index contributed by atoms with van der Waals surface area (Å²) >= 11 is 6.07. The number of aliphatic hydroxyl groups is 1. The van der Waals surface area contributed by atoms with Crippen LogP contribution in [0.1, 0.15) is 18.0 Å². The molecule has 1 aliphatic rings. The van der Waals surface area contributed by atoms with Crippen LogP contribution in [0.15, 0.2) is 81.4 Å². The van der Waals surface area contributed by atoms with Crippen molar-refractivity contribution in [2.24, 2.45) is 0 Å². The summed E-state index contributed by atoms with van der Waals surface area (Å²) in [5, 5.41) is 11.1. The molecule has 1 aliphatic heterocycles.